The number of fused-ring (bicyclic) bond motifs is 5. The van der Waals surface area contributed by atoms with E-state index in [4.69, 9.17) is 21.4 Å². The van der Waals surface area contributed by atoms with Crippen molar-refractivity contribution in [2.24, 2.45) is 0 Å². The number of pyridine rings is 1. The number of anilines is 1. The lowest BCUT2D eigenvalue weighted by Gasteiger charge is -2.34. The molecule has 0 radical (unpaired) electrons. The molecule has 2 aromatic rings. The lowest BCUT2D eigenvalue weighted by Crippen LogP contribution is -2.44. The van der Waals surface area contributed by atoms with Crippen LogP contribution in [-0.2, 0) is 0 Å². The average Bonchev–Trinajstić information content (AvgIpc) is 3.05. The van der Waals surface area contributed by atoms with Crippen LogP contribution in [0, 0.1) is 5.82 Å². The van der Waals surface area contributed by atoms with Gasteiger partial charge < -0.3 is 14.6 Å². The van der Waals surface area contributed by atoms with Crippen molar-refractivity contribution in [3.63, 3.8) is 0 Å². The van der Waals surface area contributed by atoms with E-state index in [0.717, 1.165) is 59.2 Å². The number of nitrogens with zero attached hydrogens (tertiary/aromatic N) is 4. The first kappa shape index (κ1) is 19.4. The molecular weight excluding hydrogens is 403 g/mol. The molecule has 0 aromatic heterocycles. The van der Waals surface area contributed by atoms with E-state index in [2.05, 4.69) is 16.8 Å². The normalized spacial score (nSPS) is 15.7. The molecule has 1 saturated heterocycles. The van der Waals surface area contributed by atoms with Gasteiger partial charge in [0, 0.05) is 47.5 Å². The van der Waals surface area contributed by atoms with Gasteiger partial charge in [0.1, 0.15) is 11.9 Å². The van der Waals surface area contributed by atoms with E-state index in [9.17, 15) is 0 Å². The van der Waals surface area contributed by atoms with Gasteiger partial charge in [0.2, 0.25) is 0 Å². The summed E-state index contributed by atoms with van der Waals surface area (Å²) in [7, 11) is 2.09. The Kier molecular flexibility index (Phi) is 4.71. The molecule has 0 unspecified atom stereocenters. The maximum atomic E-state index is 15.3. The molecule has 5 nitrogen and oxygen atoms in total. The molecule has 30 heavy (non-hydrogen) atoms. The molecule has 0 aliphatic carbocycles. The molecule has 0 amide bonds. The molecule has 7 heteroatoms. The summed E-state index contributed by atoms with van der Waals surface area (Å²) < 4.78 is 17.0. The molecule has 0 bridgehead atoms. The van der Waals surface area contributed by atoms with Gasteiger partial charge in [-0.1, -0.05) is 17.7 Å². The topological polar surface area (TPSA) is 33.5 Å². The second kappa shape index (κ2) is 7.29. The van der Waals surface area contributed by atoms with Gasteiger partial charge in [0.25, 0.3) is 0 Å². The van der Waals surface area contributed by atoms with Crippen LogP contribution in [0.15, 0.2) is 36.5 Å². The number of rotatable bonds is 3. The van der Waals surface area contributed by atoms with Gasteiger partial charge >= 0.3 is 0 Å². The molecule has 0 atom stereocenters. The molecule has 0 N–H and O–H groups in total. The standard InChI is InChI=1S/C23H24ClFN4O/c1-14(2)30-29-13-18-16-5-4-15(24)10-20(16)26-23(18)17-11-19(25)22(12-21(17)29)28-8-6-27(3)7-9-28/h4-5,10-14H,6-9H2,1-3H3. The summed E-state index contributed by atoms with van der Waals surface area (Å²) in [6.45, 7) is 7.38. The SMILES string of the molecule is CC(C)On1cc2c3ccc(Cl)cc3nc-2c2cc(F)c(N3CCN(C)CC3)cc21. The van der Waals surface area contributed by atoms with Crippen LogP contribution < -0.4 is 9.74 Å². The van der Waals surface area contributed by atoms with Gasteiger partial charge in [0.15, 0.2) is 0 Å². The summed E-state index contributed by atoms with van der Waals surface area (Å²) in [6, 6.07) is 9.13. The first-order valence-electron chi connectivity index (χ1n) is 10.2. The van der Waals surface area contributed by atoms with Crippen molar-refractivity contribution in [3.8, 4) is 11.3 Å². The highest BCUT2D eigenvalue weighted by atomic mass is 35.5. The Hall–Kier alpha value is -2.57. The third kappa shape index (κ3) is 3.24. The van der Waals surface area contributed by atoms with Crippen LogP contribution in [0.5, 0.6) is 0 Å². The van der Waals surface area contributed by atoms with Crippen LogP contribution in [0.4, 0.5) is 10.1 Å². The number of benzene rings is 2. The second-order valence-electron chi connectivity index (χ2n) is 8.26. The monoisotopic (exact) mass is 426 g/mol. The van der Waals surface area contributed by atoms with Gasteiger partial charge in [-0.25, -0.2) is 9.37 Å². The van der Waals surface area contributed by atoms with E-state index >= 15 is 4.39 Å². The Morgan fingerprint density at radius 2 is 1.83 bits per heavy atom. The fourth-order valence-corrected chi connectivity index (χ4v) is 4.35. The highest BCUT2D eigenvalue weighted by molar-refractivity contribution is 6.31. The summed E-state index contributed by atoms with van der Waals surface area (Å²) >= 11 is 6.17. The summed E-state index contributed by atoms with van der Waals surface area (Å²) in [4.78, 5) is 15.2. The third-order valence-corrected chi connectivity index (χ3v) is 5.94. The molecule has 5 rings (SSSR count). The number of halogens is 2. The van der Waals surface area contributed by atoms with Crippen molar-refractivity contribution in [1.82, 2.24) is 14.6 Å². The molecule has 1 fully saturated rings. The van der Waals surface area contributed by atoms with E-state index < -0.39 is 0 Å². The number of hydrogen-bond acceptors (Lipinski definition) is 4. The fraction of sp³-hybridized carbons (Fsp3) is 0.348. The van der Waals surface area contributed by atoms with Crippen molar-refractivity contribution in [3.05, 3.63) is 47.4 Å². The number of piperazine rings is 1. The highest BCUT2D eigenvalue weighted by Gasteiger charge is 2.23. The van der Waals surface area contributed by atoms with Crippen LogP contribution in [0.1, 0.15) is 13.8 Å². The Bertz CT molecular complexity index is 1210. The van der Waals surface area contributed by atoms with E-state index in [1.54, 1.807) is 10.8 Å². The smallest absolute Gasteiger partial charge is 0.147 e. The summed E-state index contributed by atoms with van der Waals surface area (Å²) in [5, 5.41) is 2.33. The van der Waals surface area contributed by atoms with Crippen LogP contribution >= 0.6 is 11.6 Å². The minimum absolute atomic E-state index is 0.0311. The highest BCUT2D eigenvalue weighted by Crippen LogP contribution is 2.39. The van der Waals surface area contributed by atoms with E-state index in [1.165, 1.54) is 0 Å². The number of aromatic nitrogens is 2. The molecule has 0 saturated carbocycles. The van der Waals surface area contributed by atoms with Crippen molar-refractivity contribution >= 4 is 39.1 Å². The Balaban J connectivity index is 1.76. The summed E-state index contributed by atoms with van der Waals surface area (Å²) in [5.74, 6) is -0.235. The first-order valence-corrected chi connectivity index (χ1v) is 10.6. The quantitative estimate of drug-likeness (QED) is 0.476. The molecule has 3 aliphatic rings. The Morgan fingerprint density at radius 1 is 1.07 bits per heavy atom. The predicted octanol–water partition coefficient (Wildman–Crippen LogP) is 4.68. The van der Waals surface area contributed by atoms with Crippen LogP contribution in [0.3, 0.4) is 0 Å². The molecule has 3 heterocycles. The molecule has 156 valence electrons. The Labute approximate surface area is 179 Å². The van der Waals surface area contributed by atoms with Crippen molar-refractivity contribution < 1.29 is 9.23 Å². The van der Waals surface area contributed by atoms with Crippen LogP contribution in [-0.4, -0.2) is 53.9 Å². The van der Waals surface area contributed by atoms with E-state index in [-0.39, 0.29) is 11.9 Å². The van der Waals surface area contributed by atoms with Crippen LogP contribution in [0.2, 0.25) is 5.02 Å². The van der Waals surface area contributed by atoms with Gasteiger partial charge in [-0.15, -0.1) is 0 Å². The zero-order valence-electron chi connectivity index (χ0n) is 17.3. The minimum Gasteiger partial charge on any atom is -0.411 e. The van der Waals surface area contributed by atoms with E-state index in [1.807, 2.05) is 44.3 Å². The molecular formula is C23H24ClFN4O. The fourth-order valence-electron chi connectivity index (χ4n) is 4.18. The van der Waals surface area contributed by atoms with Gasteiger partial charge in [-0.3, -0.25) is 0 Å². The zero-order chi connectivity index (χ0) is 21.0. The Morgan fingerprint density at radius 3 is 2.57 bits per heavy atom. The third-order valence-electron chi connectivity index (χ3n) is 5.71. The molecule has 2 aromatic carbocycles. The number of likely N-dealkylation sites (N-methyl/N-ethyl adjacent to an activating group) is 1. The van der Waals surface area contributed by atoms with Crippen LogP contribution in [0.25, 0.3) is 33.1 Å². The van der Waals surface area contributed by atoms with Gasteiger partial charge in [0.05, 0.1) is 28.6 Å². The van der Waals surface area contributed by atoms with Crippen molar-refractivity contribution in [1.29, 1.82) is 0 Å². The largest absolute Gasteiger partial charge is 0.411 e. The van der Waals surface area contributed by atoms with E-state index in [0.29, 0.717) is 10.7 Å². The van der Waals surface area contributed by atoms with Gasteiger partial charge in [-0.05, 0) is 45.2 Å². The van der Waals surface area contributed by atoms with Gasteiger partial charge in [-0.2, -0.15) is 4.73 Å². The first-order chi connectivity index (χ1) is 14.4. The summed E-state index contributed by atoms with van der Waals surface area (Å²) in [6.07, 6.45) is 1.92. The van der Waals surface area contributed by atoms with Crippen molar-refractivity contribution in [2.45, 2.75) is 20.0 Å². The van der Waals surface area contributed by atoms with Crippen molar-refractivity contribution in [2.75, 3.05) is 38.1 Å². The second-order valence-corrected chi connectivity index (χ2v) is 8.69. The molecule has 0 spiro atoms. The zero-order valence-corrected chi connectivity index (χ0v) is 18.1. The minimum atomic E-state index is -0.235. The average molecular weight is 427 g/mol. The maximum Gasteiger partial charge on any atom is 0.147 e. The summed E-state index contributed by atoms with van der Waals surface area (Å²) in [5.41, 5.74) is 3.89. The lowest BCUT2D eigenvalue weighted by atomic mass is 10.0. The predicted molar refractivity (Wildman–Crippen MR) is 120 cm³/mol. The maximum absolute atomic E-state index is 15.3. The molecule has 3 aliphatic heterocycles. The lowest BCUT2D eigenvalue weighted by molar-refractivity contribution is 0.0677. The number of hydrogen-bond donors (Lipinski definition) is 0.